The van der Waals surface area contributed by atoms with Gasteiger partial charge in [-0.25, -0.2) is 4.39 Å². The van der Waals surface area contributed by atoms with Crippen LogP contribution in [-0.2, 0) is 9.59 Å². The molecule has 3 heterocycles. The van der Waals surface area contributed by atoms with Crippen molar-refractivity contribution >= 4 is 29.3 Å². The van der Waals surface area contributed by atoms with Crippen molar-refractivity contribution in [3.8, 4) is 11.5 Å². The van der Waals surface area contributed by atoms with Gasteiger partial charge in [0, 0.05) is 35.4 Å². The van der Waals surface area contributed by atoms with Gasteiger partial charge in [-0.15, -0.1) is 11.8 Å². The Kier molecular flexibility index (Phi) is 4.58. The first-order valence-corrected chi connectivity index (χ1v) is 10.5. The highest BCUT2D eigenvalue weighted by Crippen LogP contribution is 2.38. The number of hydrogen-bond donors (Lipinski definition) is 1. The lowest BCUT2D eigenvalue weighted by molar-refractivity contribution is -0.127. The van der Waals surface area contributed by atoms with Crippen molar-refractivity contribution in [1.82, 2.24) is 5.32 Å². The molecule has 2 amide bonds. The second-order valence-electron chi connectivity index (χ2n) is 7.32. The van der Waals surface area contributed by atoms with Gasteiger partial charge >= 0.3 is 0 Å². The van der Waals surface area contributed by atoms with Crippen LogP contribution in [-0.4, -0.2) is 30.9 Å². The fraction of sp³-hybridized carbons (Fsp3) is 0.333. The number of anilines is 1. The minimum atomic E-state index is -0.445. The Hall–Kier alpha value is -2.74. The lowest BCUT2D eigenvalue weighted by Crippen LogP contribution is -2.36. The Labute approximate surface area is 171 Å². The molecule has 0 unspecified atom stereocenters. The first kappa shape index (κ1) is 18.3. The van der Waals surface area contributed by atoms with E-state index >= 15 is 0 Å². The number of halogens is 1. The molecule has 2 aromatic rings. The third-order valence-corrected chi connectivity index (χ3v) is 6.61. The zero-order valence-corrected chi connectivity index (χ0v) is 16.3. The van der Waals surface area contributed by atoms with Crippen LogP contribution in [0.15, 0.2) is 41.3 Å². The molecule has 2 atom stereocenters. The Morgan fingerprint density at radius 2 is 2.03 bits per heavy atom. The van der Waals surface area contributed by atoms with Crippen molar-refractivity contribution in [2.75, 3.05) is 24.0 Å². The van der Waals surface area contributed by atoms with Crippen molar-refractivity contribution in [2.24, 2.45) is 5.92 Å². The second kappa shape index (κ2) is 7.26. The monoisotopic (exact) mass is 414 g/mol. The van der Waals surface area contributed by atoms with Gasteiger partial charge in [0.05, 0.1) is 12.0 Å². The number of fused-ring (bicyclic) bond motifs is 2. The molecule has 1 N–H and O–H groups in total. The summed E-state index contributed by atoms with van der Waals surface area (Å²) in [5.74, 6) is 1.08. The minimum Gasteiger partial charge on any atom is -0.454 e. The Morgan fingerprint density at radius 3 is 2.93 bits per heavy atom. The molecule has 3 aliphatic heterocycles. The average Bonchev–Trinajstić information content (AvgIpc) is 3.34. The molecule has 0 aromatic heterocycles. The summed E-state index contributed by atoms with van der Waals surface area (Å²) >= 11 is 1.67. The molecule has 150 valence electrons. The van der Waals surface area contributed by atoms with E-state index in [1.54, 1.807) is 40.9 Å². The van der Waals surface area contributed by atoms with E-state index in [-0.39, 0.29) is 36.9 Å². The van der Waals surface area contributed by atoms with E-state index in [0.717, 1.165) is 22.6 Å². The van der Waals surface area contributed by atoms with Crippen LogP contribution in [0, 0.1) is 11.7 Å². The van der Waals surface area contributed by atoms with Crippen molar-refractivity contribution in [1.29, 1.82) is 0 Å². The molecule has 3 aliphatic rings. The van der Waals surface area contributed by atoms with Crippen LogP contribution in [0.1, 0.15) is 24.4 Å². The van der Waals surface area contributed by atoms with E-state index in [0.29, 0.717) is 23.7 Å². The predicted octanol–water partition coefficient (Wildman–Crippen LogP) is 3.26. The highest BCUT2D eigenvalue weighted by Gasteiger charge is 2.37. The largest absolute Gasteiger partial charge is 0.454 e. The van der Waals surface area contributed by atoms with Gasteiger partial charge in [-0.3, -0.25) is 9.59 Å². The number of rotatable bonds is 3. The molecule has 0 saturated carbocycles. The van der Waals surface area contributed by atoms with Crippen molar-refractivity contribution in [2.45, 2.75) is 23.8 Å². The topological polar surface area (TPSA) is 67.9 Å². The molecule has 6 nitrogen and oxygen atoms in total. The quantitative estimate of drug-likeness (QED) is 0.835. The van der Waals surface area contributed by atoms with E-state index < -0.39 is 5.92 Å². The van der Waals surface area contributed by atoms with Gasteiger partial charge in [-0.2, -0.15) is 0 Å². The summed E-state index contributed by atoms with van der Waals surface area (Å²) in [6.45, 7) is 0.474. The van der Waals surface area contributed by atoms with Gasteiger partial charge < -0.3 is 19.7 Å². The zero-order valence-electron chi connectivity index (χ0n) is 15.5. The SMILES string of the molecule is O=C(N[C@@H]1CCSc2ccc(F)cc21)[C@H]1CC(=O)N(c2ccc3c(c2)OCO3)C1. The van der Waals surface area contributed by atoms with Gasteiger partial charge in [0.1, 0.15) is 5.82 Å². The first-order chi connectivity index (χ1) is 14.1. The van der Waals surface area contributed by atoms with E-state index in [1.807, 2.05) is 0 Å². The maximum atomic E-state index is 13.7. The second-order valence-corrected chi connectivity index (χ2v) is 8.46. The summed E-state index contributed by atoms with van der Waals surface area (Å²) in [6, 6.07) is 9.78. The molecule has 5 rings (SSSR count). The number of thioether (sulfide) groups is 1. The molecule has 2 aromatic carbocycles. The molecule has 0 spiro atoms. The highest BCUT2D eigenvalue weighted by atomic mass is 32.2. The number of amides is 2. The van der Waals surface area contributed by atoms with Crippen molar-refractivity contribution in [3.05, 3.63) is 47.8 Å². The maximum absolute atomic E-state index is 13.7. The van der Waals surface area contributed by atoms with Crippen LogP contribution in [0.25, 0.3) is 0 Å². The van der Waals surface area contributed by atoms with Crippen LogP contribution < -0.4 is 19.7 Å². The summed E-state index contributed by atoms with van der Waals surface area (Å²) in [7, 11) is 0. The number of ether oxygens (including phenoxy) is 2. The molecular weight excluding hydrogens is 395 g/mol. The van der Waals surface area contributed by atoms with E-state index in [2.05, 4.69) is 5.32 Å². The Morgan fingerprint density at radius 1 is 1.17 bits per heavy atom. The van der Waals surface area contributed by atoms with E-state index in [1.165, 1.54) is 12.1 Å². The smallest absolute Gasteiger partial charge is 0.231 e. The van der Waals surface area contributed by atoms with Crippen molar-refractivity contribution < 1.29 is 23.5 Å². The Bertz CT molecular complexity index is 999. The number of benzene rings is 2. The third-order valence-electron chi connectivity index (χ3n) is 5.49. The first-order valence-electron chi connectivity index (χ1n) is 9.51. The lowest BCUT2D eigenvalue weighted by Gasteiger charge is -2.27. The molecule has 29 heavy (non-hydrogen) atoms. The van der Waals surface area contributed by atoms with Gasteiger partial charge in [0.25, 0.3) is 0 Å². The number of hydrogen-bond acceptors (Lipinski definition) is 5. The molecule has 8 heteroatoms. The fourth-order valence-electron chi connectivity index (χ4n) is 3.99. The van der Waals surface area contributed by atoms with Crippen LogP contribution in [0.3, 0.4) is 0 Å². The lowest BCUT2D eigenvalue weighted by atomic mass is 10.0. The van der Waals surface area contributed by atoms with Crippen LogP contribution >= 0.6 is 11.8 Å². The minimum absolute atomic E-state index is 0.102. The Balaban J connectivity index is 1.30. The van der Waals surface area contributed by atoms with Gasteiger partial charge in [-0.05, 0) is 42.3 Å². The molecule has 1 fully saturated rings. The van der Waals surface area contributed by atoms with Crippen molar-refractivity contribution in [3.63, 3.8) is 0 Å². The number of nitrogens with one attached hydrogen (secondary N) is 1. The molecule has 0 bridgehead atoms. The summed E-state index contributed by atoms with van der Waals surface area (Å²) in [5, 5.41) is 3.04. The summed E-state index contributed by atoms with van der Waals surface area (Å²) in [4.78, 5) is 28.0. The fourth-order valence-corrected chi connectivity index (χ4v) is 5.10. The molecule has 0 aliphatic carbocycles. The third kappa shape index (κ3) is 3.42. The van der Waals surface area contributed by atoms with Gasteiger partial charge in [0.15, 0.2) is 11.5 Å². The number of carbonyl (C=O) groups excluding carboxylic acids is 2. The van der Waals surface area contributed by atoms with E-state index in [9.17, 15) is 14.0 Å². The molecular formula is C21H19FN2O4S. The summed E-state index contributed by atoms with van der Waals surface area (Å²) in [6.07, 6.45) is 0.886. The highest BCUT2D eigenvalue weighted by molar-refractivity contribution is 7.99. The normalized spacial score (nSPS) is 22.5. The predicted molar refractivity (Wildman–Crippen MR) is 106 cm³/mol. The van der Waals surface area contributed by atoms with Gasteiger partial charge in [0.2, 0.25) is 18.6 Å². The van der Waals surface area contributed by atoms with Crippen LogP contribution in [0.5, 0.6) is 11.5 Å². The summed E-state index contributed by atoms with van der Waals surface area (Å²) < 4.78 is 24.4. The standard InChI is InChI=1S/C21H19FN2O4S/c22-13-1-4-19-15(8-13)16(5-6-29-19)23-21(26)12-7-20(25)24(10-12)14-2-3-17-18(9-14)28-11-27-17/h1-4,8-9,12,16H,5-7,10-11H2,(H,23,26)/t12-,16+/m0/s1. The van der Waals surface area contributed by atoms with Crippen LogP contribution in [0.2, 0.25) is 0 Å². The van der Waals surface area contributed by atoms with Gasteiger partial charge in [-0.1, -0.05) is 0 Å². The summed E-state index contributed by atoms with van der Waals surface area (Å²) in [5.41, 5.74) is 1.50. The maximum Gasteiger partial charge on any atom is 0.231 e. The number of nitrogens with zero attached hydrogens (tertiary/aromatic N) is 1. The van der Waals surface area contributed by atoms with E-state index in [4.69, 9.17) is 9.47 Å². The van der Waals surface area contributed by atoms with Crippen LogP contribution in [0.4, 0.5) is 10.1 Å². The zero-order chi connectivity index (χ0) is 20.0. The number of carbonyl (C=O) groups is 2. The molecule has 0 radical (unpaired) electrons. The average molecular weight is 414 g/mol. The molecule has 1 saturated heterocycles.